The summed E-state index contributed by atoms with van der Waals surface area (Å²) in [4.78, 5) is 0. The van der Waals surface area contributed by atoms with Crippen molar-refractivity contribution in [1.29, 1.82) is 0 Å². The molecule has 1 heterocycles. The molecule has 1 unspecified atom stereocenters. The number of nitrogens with one attached hydrogen (secondary N) is 1. The highest BCUT2D eigenvalue weighted by atomic mass is 127. The number of hydrogen-bond donors (Lipinski definition) is 1. The minimum Gasteiger partial charge on any atom is -0.316 e. The predicted molar refractivity (Wildman–Crippen MR) is 69.8 cm³/mol. The fourth-order valence-corrected chi connectivity index (χ4v) is 2.32. The van der Waals surface area contributed by atoms with Crippen molar-refractivity contribution < 1.29 is 0 Å². The Hall–Kier alpha value is -0.0900. The van der Waals surface area contributed by atoms with Gasteiger partial charge in [0.25, 0.3) is 0 Å². The minimum absolute atomic E-state index is 0.183. The predicted octanol–water partition coefficient (Wildman–Crippen LogP) is 2.84. The van der Waals surface area contributed by atoms with Crippen molar-refractivity contribution in [3.05, 3.63) is 36.0 Å². The van der Waals surface area contributed by atoms with Crippen LogP contribution in [-0.4, -0.2) is 16.5 Å². The lowest BCUT2D eigenvalue weighted by atomic mass is 9.97. The molecule has 0 amide bonds. The monoisotopic (exact) mass is 301 g/mol. The van der Waals surface area contributed by atoms with Gasteiger partial charge in [0.2, 0.25) is 0 Å². The maximum Gasteiger partial charge on any atom is 0.0558 e. The molecule has 1 aliphatic heterocycles. The Morgan fingerprint density at radius 2 is 2.36 bits per heavy atom. The molecule has 1 fully saturated rings. The molecule has 0 radical (unpaired) electrons. The van der Waals surface area contributed by atoms with Gasteiger partial charge in [0.05, 0.1) is 3.42 Å². The van der Waals surface area contributed by atoms with Gasteiger partial charge in [0.1, 0.15) is 0 Å². The third-order valence-corrected chi connectivity index (χ3v) is 3.56. The van der Waals surface area contributed by atoms with Crippen LogP contribution >= 0.6 is 22.6 Å². The third-order valence-electron chi connectivity index (χ3n) is 2.84. The van der Waals surface area contributed by atoms with Crippen LogP contribution in [0.25, 0.3) is 0 Å². The van der Waals surface area contributed by atoms with E-state index in [1.54, 1.807) is 0 Å². The molecule has 1 N–H and O–H groups in total. The first-order valence-electron chi connectivity index (χ1n) is 5.16. The summed E-state index contributed by atoms with van der Waals surface area (Å²) in [6.45, 7) is 4.53. The van der Waals surface area contributed by atoms with E-state index in [0.29, 0.717) is 0 Å². The molecule has 2 aliphatic rings. The number of alkyl halides is 1. The normalized spacial score (nSPS) is 37.0. The lowest BCUT2D eigenvalue weighted by molar-refractivity contribution is 0.698. The molecule has 0 aromatic heterocycles. The summed E-state index contributed by atoms with van der Waals surface area (Å²) in [5, 5.41) is 3.41. The zero-order valence-electron chi connectivity index (χ0n) is 8.46. The van der Waals surface area contributed by atoms with Crippen LogP contribution in [0.4, 0.5) is 0 Å². The fraction of sp³-hybridized carbons (Fsp3) is 0.500. The van der Waals surface area contributed by atoms with Crippen LogP contribution in [0.15, 0.2) is 36.0 Å². The highest BCUT2D eigenvalue weighted by Gasteiger charge is 2.19. The van der Waals surface area contributed by atoms with Crippen LogP contribution in [0.5, 0.6) is 0 Å². The van der Waals surface area contributed by atoms with Gasteiger partial charge in [-0.15, -0.1) is 0 Å². The summed E-state index contributed by atoms with van der Waals surface area (Å²) < 4.78 is 0.183. The lowest BCUT2D eigenvalue weighted by Crippen LogP contribution is -2.10. The van der Waals surface area contributed by atoms with E-state index in [9.17, 15) is 0 Å². The van der Waals surface area contributed by atoms with Gasteiger partial charge in [0.15, 0.2) is 0 Å². The van der Waals surface area contributed by atoms with Crippen LogP contribution < -0.4 is 5.32 Å². The second-order valence-corrected chi connectivity index (χ2v) is 6.52. The van der Waals surface area contributed by atoms with Gasteiger partial charge in [-0.25, -0.2) is 0 Å². The zero-order chi connectivity index (χ0) is 10.0. The van der Waals surface area contributed by atoms with Gasteiger partial charge in [0, 0.05) is 6.54 Å². The smallest absolute Gasteiger partial charge is 0.0558 e. The Bertz CT molecular complexity index is 293. The van der Waals surface area contributed by atoms with Gasteiger partial charge >= 0.3 is 0 Å². The van der Waals surface area contributed by atoms with Crippen molar-refractivity contribution in [2.24, 2.45) is 5.92 Å². The molecule has 1 aliphatic carbocycles. The summed E-state index contributed by atoms with van der Waals surface area (Å²) in [5.74, 6) is 0.723. The Labute approximate surface area is 99.5 Å². The van der Waals surface area contributed by atoms with Gasteiger partial charge in [-0.1, -0.05) is 53.0 Å². The van der Waals surface area contributed by atoms with E-state index >= 15 is 0 Å². The number of rotatable bonds is 1. The van der Waals surface area contributed by atoms with E-state index in [0.717, 1.165) is 12.5 Å². The van der Waals surface area contributed by atoms with E-state index < -0.39 is 0 Å². The number of hydrogen-bond acceptors (Lipinski definition) is 1. The summed E-state index contributed by atoms with van der Waals surface area (Å²) >= 11 is 2.47. The molecule has 2 atom stereocenters. The van der Waals surface area contributed by atoms with Crippen molar-refractivity contribution in [2.45, 2.75) is 16.8 Å². The second-order valence-electron chi connectivity index (χ2n) is 4.20. The molecular weight excluding hydrogens is 285 g/mol. The SMILES string of the molecule is CC1(I)C=CC=C([C@H]2CCNC2)C=C1. The Kier molecular flexibility index (Phi) is 3.12. The first-order chi connectivity index (χ1) is 6.67. The summed E-state index contributed by atoms with van der Waals surface area (Å²) in [6, 6.07) is 0. The van der Waals surface area contributed by atoms with E-state index in [1.165, 1.54) is 18.5 Å². The average Bonchev–Trinajstić information content (AvgIpc) is 2.58. The maximum atomic E-state index is 3.41. The molecule has 0 saturated carbocycles. The van der Waals surface area contributed by atoms with Crippen molar-refractivity contribution in [3.63, 3.8) is 0 Å². The quantitative estimate of drug-likeness (QED) is 0.580. The van der Waals surface area contributed by atoms with Crippen molar-refractivity contribution in [3.8, 4) is 0 Å². The van der Waals surface area contributed by atoms with Crippen LogP contribution in [0.2, 0.25) is 0 Å². The topological polar surface area (TPSA) is 12.0 Å². The van der Waals surface area contributed by atoms with E-state index in [2.05, 4.69) is 65.2 Å². The molecule has 76 valence electrons. The molecule has 0 aromatic carbocycles. The molecular formula is C12H16IN. The second kappa shape index (κ2) is 4.19. The highest BCUT2D eigenvalue weighted by Crippen LogP contribution is 2.28. The first kappa shape index (κ1) is 10.4. The van der Waals surface area contributed by atoms with Gasteiger partial charge in [-0.3, -0.25) is 0 Å². The average molecular weight is 301 g/mol. The van der Waals surface area contributed by atoms with E-state index in [-0.39, 0.29) is 3.42 Å². The highest BCUT2D eigenvalue weighted by molar-refractivity contribution is 14.1. The van der Waals surface area contributed by atoms with Gasteiger partial charge in [-0.2, -0.15) is 0 Å². The Morgan fingerprint density at radius 3 is 3.07 bits per heavy atom. The van der Waals surface area contributed by atoms with Gasteiger partial charge < -0.3 is 5.32 Å². The van der Waals surface area contributed by atoms with Crippen molar-refractivity contribution in [2.75, 3.05) is 13.1 Å². The number of halogens is 1. The molecule has 1 nitrogen and oxygen atoms in total. The summed E-state index contributed by atoms with van der Waals surface area (Å²) in [6.07, 6.45) is 12.6. The molecule has 14 heavy (non-hydrogen) atoms. The summed E-state index contributed by atoms with van der Waals surface area (Å²) in [5.41, 5.74) is 1.48. The van der Waals surface area contributed by atoms with Crippen molar-refractivity contribution >= 4 is 22.6 Å². The largest absolute Gasteiger partial charge is 0.316 e. The standard InChI is InChI=1S/C12H16IN/c1-12(13)6-2-3-10(4-7-12)11-5-8-14-9-11/h2-4,6-7,11,14H,5,8-9H2,1H3/t11-,12?/m0/s1. The zero-order valence-corrected chi connectivity index (χ0v) is 10.6. The molecule has 0 aromatic rings. The van der Waals surface area contributed by atoms with Crippen LogP contribution in [-0.2, 0) is 0 Å². The van der Waals surface area contributed by atoms with Gasteiger partial charge in [-0.05, 0) is 31.4 Å². The van der Waals surface area contributed by atoms with Crippen LogP contribution in [0, 0.1) is 5.92 Å². The Morgan fingerprint density at radius 1 is 1.50 bits per heavy atom. The van der Waals surface area contributed by atoms with Crippen LogP contribution in [0.3, 0.4) is 0 Å². The number of allylic oxidation sites excluding steroid dienone is 5. The molecule has 1 saturated heterocycles. The molecule has 0 spiro atoms. The molecule has 2 heteroatoms. The first-order valence-corrected chi connectivity index (χ1v) is 6.23. The van der Waals surface area contributed by atoms with E-state index in [1.807, 2.05) is 0 Å². The lowest BCUT2D eigenvalue weighted by Gasteiger charge is -2.11. The summed E-state index contributed by atoms with van der Waals surface area (Å²) in [7, 11) is 0. The molecule has 2 rings (SSSR count). The van der Waals surface area contributed by atoms with Crippen molar-refractivity contribution in [1.82, 2.24) is 5.32 Å². The maximum absolute atomic E-state index is 3.41. The molecule has 0 bridgehead atoms. The van der Waals surface area contributed by atoms with Crippen LogP contribution in [0.1, 0.15) is 13.3 Å². The minimum atomic E-state index is 0.183. The van der Waals surface area contributed by atoms with E-state index in [4.69, 9.17) is 0 Å². The fourth-order valence-electron chi connectivity index (χ4n) is 1.93. The Balaban J connectivity index is 2.14. The third kappa shape index (κ3) is 2.48.